The van der Waals surface area contributed by atoms with E-state index in [9.17, 15) is 18.0 Å². The maximum Gasteiger partial charge on any atom is 0.312 e. The fourth-order valence-corrected chi connectivity index (χ4v) is 10.0. The third kappa shape index (κ3) is 4.29. The number of carbonyl (C=O) groups excluding carboxylic acids is 3. The number of Topliss-reactive ketones (excluding diaryl/α,β-unsaturated/α-hetero) is 1. The summed E-state index contributed by atoms with van der Waals surface area (Å²) in [5.41, 5.74) is -0.260. The molecule has 3 aromatic rings. The average Bonchev–Trinajstić information content (AvgIpc) is 3.95. The first-order valence-corrected chi connectivity index (χ1v) is 16.7. The third-order valence-corrected chi connectivity index (χ3v) is 12.3. The first-order valence-electron chi connectivity index (χ1n) is 15.2. The van der Waals surface area contributed by atoms with E-state index in [1.165, 1.54) is 12.1 Å². The third-order valence-electron chi connectivity index (χ3n) is 9.90. The van der Waals surface area contributed by atoms with E-state index in [1.54, 1.807) is 32.0 Å². The lowest BCUT2D eigenvalue weighted by molar-refractivity contribution is -0.204. The number of carbonyl (C=O) groups is 3. The van der Waals surface area contributed by atoms with Crippen molar-refractivity contribution in [3.8, 4) is 0 Å². The van der Waals surface area contributed by atoms with Gasteiger partial charge < -0.3 is 9.47 Å². The van der Waals surface area contributed by atoms with Gasteiger partial charge in [-0.2, -0.15) is 0 Å². The van der Waals surface area contributed by atoms with Crippen molar-refractivity contribution in [2.75, 3.05) is 0 Å². The standard InChI is InChI=1S/C36H34O7S/c1-35-27(22-12-6-3-7-13-22)28(23-14-8-4-9-15-23)36(2,34(35)39)30(44(40,41)26-16-10-5-11-17-26)29(35)33(42-31(37)24-18-19-24)43-32(38)25-20-21-25/h3-17,24-25,29-30,33H,18-21H2,1-2H3/t29-,30-,35+,36+/m0/s1. The van der Waals surface area contributed by atoms with Crippen LogP contribution in [0.2, 0.25) is 0 Å². The van der Waals surface area contributed by atoms with Crippen molar-refractivity contribution in [2.24, 2.45) is 28.6 Å². The van der Waals surface area contributed by atoms with Gasteiger partial charge in [0.15, 0.2) is 15.6 Å². The molecule has 4 atom stereocenters. The van der Waals surface area contributed by atoms with Crippen LogP contribution in [0, 0.1) is 28.6 Å². The van der Waals surface area contributed by atoms with Crippen LogP contribution >= 0.6 is 0 Å². The molecule has 0 aromatic heterocycles. The maximum absolute atomic E-state index is 15.1. The van der Waals surface area contributed by atoms with E-state index in [2.05, 4.69) is 0 Å². The van der Waals surface area contributed by atoms with Gasteiger partial charge in [-0.25, -0.2) is 8.42 Å². The molecule has 7 nitrogen and oxygen atoms in total. The highest BCUT2D eigenvalue weighted by atomic mass is 32.2. The second kappa shape index (κ2) is 10.3. The Balaban J connectivity index is 1.51. The zero-order chi connectivity index (χ0) is 30.9. The van der Waals surface area contributed by atoms with Gasteiger partial charge in [0.25, 0.3) is 6.29 Å². The molecule has 0 N–H and O–H groups in total. The number of rotatable bonds is 9. The van der Waals surface area contributed by atoms with Crippen LogP contribution in [0.25, 0.3) is 11.1 Å². The smallest absolute Gasteiger partial charge is 0.312 e. The highest BCUT2D eigenvalue weighted by Crippen LogP contribution is 2.72. The highest BCUT2D eigenvalue weighted by Gasteiger charge is 2.77. The van der Waals surface area contributed by atoms with Gasteiger partial charge in [0.2, 0.25) is 0 Å². The summed E-state index contributed by atoms with van der Waals surface area (Å²) in [6.07, 6.45) is 1.05. The van der Waals surface area contributed by atoms with Gasteiger partial charge >= 0.3 is 11.9 Å². The van der Waals surface area contributed by atoms with Crippen LogP contribution in [0.1, 0.15) is 50.7 Å². The Morgan fingerprint density at radius 3 is 1.52 bits per heavy atom. The van der Waals surface area contributed by atoms with Crippen molar-refractivity contribution >= 4 is 38.7 Å². The minimum atomic E-state index is -4.26. The lowest BCUT2D eigenvalue weighted by Gasteiger charge is -2.43. The van der Waals surface area contributed by atoms with E-state index in [0.717, 1.165) is 11.1 Å². The minimum absolute atomic E-state index is 0.0506. The van der Waals surface area contributed by atoms with Crippen LogP contribution in [0.5, 0.6) is 0 Å². The molecular formula is C36H34O7S. The normalized spacial score (nSPS) is 27.9. The zero-order valence-electron chi connectivity index (χ0n) is 24.6. The Hall–Kier alpha value is -4.04. The van der Waals surface area contributed by atoms with Gasteiger partial charge in [0, 0.05) is 0 Å². The minimum Gasteiger partial charge on any atom is -0.425 e. The predicted octanol–water partition coefficient (Wildman–Crippen LogP) is 5.90. The highest BCUT2D eigenvalue weighted by molar-refractivity contribution is 7.92. The Morgan fingerprint density at radius 1 is 0.682 bits per heavy atom. The van der Waals surface area contributed by atoms with Crippen LogP contribution in [-0.2, 0) is 33.7 Å². The Bertz CT molecular complexity index is 1750. The van der Waals surface area contributed by atoms with Crippen LogP contribution in [0.15, 0.2) is 95.9 Å². The van der Waals surface area contributed by atoms with E-state index in [-0.39, 0.29) is 22.5 Å². The number of hydrogen-bond donors (Lipinski definition) is 0. The summed E-state index contributed by atoms with van der Waals surface area (Å²) in [5, 5.41) is -1.39. The fourth-order valence-electron chi connectivity index (χ4n) is 7.54. The number of fused-ring (bicyclic) bond motifs is 2. The molecule has 3 saturated carbocycles. The van der Waals surface area contributed by atoms with Crippen molar-refractivity contribution in [3.63, 3.8) is 0 Å². The van der Waals surface area contributed by atoms with Gasteiger partial charge in [-0.05, 0) is 73.9 Å². The molecular weight excluding hydrogens is 576 g/mol. The molecule has 4 aliphatic carbocycles. The van der Waals surface area contributed by atoms with E-state index < -0.39 is 50.1 Å². The Labute approximate surface area is 257 Å². The molecule has 0 spiro atoms. The van der Waals surface area contributed by atoms with E-state index in [1.807, 2.05) is 60.7 Å². The lowest BCUT2D eigenvalue weighted by Crippen LogP contribution is -2.51. The molecule has 2 bridgehead atoms. The second-order valence-electron chi connectivity index (χ2n) is 12.8. The Kier molecular flexibility index (Phi) is 6.70. The number of allylic oxidation sites excluding steroid dienone is 2. The van der Waals surface area contributed by atoms with Crippen LogP contribution < -0.4 is 0 Å². The predicted molar refractivity (Wildman–Crippen MR) is 163 cm³/mol. The number of ether oxygens (including phenoxy) is 2. The number of sulfone groups is 1. The monoisotopic (exact) mass is 610 g/mol. The number of benzene rings is 3. The molecule has 8 heteroatoms. The fraction of sp³-hybridized carbons (Fsp3) is 0.361. The van der Waals surface area contributed by atoms with Gasteiger partial charge in [0.1, 0.15) is 0 Å². The molecule has 7 rings (SSSR count). The van der Waals surface area contributed by atoms with Crippen LogP contribution in [0.4, 0.5) is 0 Å². The quantitative estimate of drug-likeness (QED) is 0.220. The summed E-state index contributed by atoms with van der Waals surface area (Å²) in [6, 6.07) is 26.8. The lowest BCUT2D eigenvalue weighted by atomic mass is 9.67. The Morgan fingerprint density at radius 2 is 1.09 bits per heavy atom. The van der Waals surface area contributed by atoms with Crippen LogP contribution in [-0.4, -0.2) is 37.7 Å². The molecule has 0 heterocycles. The largest absolute Gasteiger partial charge is 0.425 e. The molecule has 0 saturated heterocycles. The maximum atomic E-state index is 15.1. The molecule has 44 heavy (non-hydrogen) atoms. The van der Waals surface area contributed by atoms with Crippen molar-refractivity contribution in [1.82, 2.24) is 0 Å². The first kappa shape index (κ1) is 28.7. The molecule has 3 aromatic carbocycles. The topological polar surface area (TPSA) is 104 Å². The van der Waals surface area contributed by atoms with Crippen molar-refractivity contribution < 1.29 is 32.3 Å². The second-order valence-corrected chi connectivity index (χ2v) is 14.9. The summed E-state index contributed by atoms with van der Waals surface area (Å²) in [6.45, 7) is 3.43. The molecule has 0 unspecified atom stereocenters. The summed E-state index contributed by atoms with van der Waals surface area (Å²) in [7, 11) is -4.26. The molecule has 0 aliphatic heterocycles. The zero-order valence-corrected chi connectivity index (χ0v) is 25.5. The summed E-state index contributed by atoms with van der Waals surface area (Å²) < 4.78 is 41.7. The van der Waals surface area contributed by atoms with E-state index in [0.29, 0.717) is 36.8 Å². The first-order chi connectivity index (χ1) is 21.1. The van der Waals surface area contributed by atoms with E-state index >= 15 is 4.79 Å². The molecule has 3 fully saturated rings. The SMILES string of the molecule is C[C@@]12C(=O)[C@](C)(C(c3ccccc3)=C1c1ccccc1)[C@@H](S(=O)(=O)c1ccccc1)[C@H]2C(OC(=O)C1CC1)OC(=O)C1CC1. The van der Waals surface area contributed by atoms with Crippen molar-refractivity contribution in [2.45, 2.75) is 56.0 Å². The average molecular weight is 611 g/mol. The van der Waals surface area contributed by atoms with Gasteiger partial charge in [-0.15, -0.1) is 0 Å². The van der Waals surface area contributed by atoms with Crippen LogP contribution in [0.3, 0.4) is 0 Å². The number of esters is 2. The summed E-state index contributed by atoms with van der Waals surface area (Å²) in [5.74, 6) is -3.23. The van der Waals surface area contributed by atoms with Gasteiger partial charge in [-0.3, -0.25) is 14.4 Å². The van der Waals surface area contributed by atoms with E-state index in [4.69, 9.17) is 9.47 Å². The number of hydrogen-bond acceptors (Lipinski definition) is 7. The van der Waals surface area contributed by atoms with Gasteiger partial charge in [0.05, 0.1) is 38.7 Å². The van der Waals surface area contributed by atoms with Gasteiger partial charge in [-0.1, -0.05) is 78.9 Å². The molecule has 4 aliphatic rings. The summed E-state index contributed by atoms with van der Waals surface area (Å²) >= 11 is 0. The summed E-state index contributed by atoms with van der Waals surface area (Å²) in [4.78, 5) is 41.5. The van der Waals surface area contributed by atoms with Crippen molar-refractivity contribution in [3.05, 3.63) is 102 Å². The van der Waals surface area contributed by atoms with Crippen molar-refractivity contribution in [1.29, 1.82) is 0 Å². The molecule has 0 radical (unpaired) electrons. The molecule has 0 amide bonds. The molecule has 226 valence electrons. The number of ketones is 1.